The van der Waals surface area contributed by atoms with Gasteiger partial charge in [0, 0.05) is 22.7 Å². The Kier molecular flexibility index (Phi) is 6.59. The second kappa shape index (κ2) is 7.96. The van der Waals surface area contributed by atoms with Gasteiger partial charge in [0.05, 0.1) is 6.61 Å². The second-order valence-electron chi connectivity index (χ2n) is 4.42. The van der Waals surface area contributed by atoms with Crippen molar-refractivity contribution in [3.05, 3.63) is 51.9 Å². The van der Waals surface area contributed by atoms with Crippen LogP contribution in [-0.4, -0.2) is 27.7 Å². The Morgan fingerprint density at radius 3 is 2.59 bits per heavy atom. The lowest BCUT2D eigenvalue weighted by molar-refractivity contribution is 0.0681. The smallest absolute Gasteiger partial charge is 0.374 e. The van der Waals surface area contributed by atoms with Gasteiger partial charge in [-0.3, -0.25) is 0 Å². The Bertz CT molecular complexity index is 678. The summed E-state index contributed by atoms with van der Waals surface area (Å²) >= 11 is 6.16. The number of halogens is 2. The van der Waals surface area contributed by atoms with E-state index in [-0.39, 0.29) is 18.2 Å². The molecule has 1 aromatic heterocycles. The summed E-state index contributed by atoms with van der Waals surface area (Å²) in [5.74, 6) is -1.15. The average molecular weight is 343 g/mol. The van der Waals surface area contributed by atoms with Crippen molar-refractivity contribution in [3.8, 4) is 5.88 Å². The first kappa shape index (κ1) is 18.2. The van der Waals surface area contributed by atoms with Gasteiger partial charge in [0.25, 0.3) is 0 Å². The highest BCUT2D eigenvalue weighted by molar-refractivity contribution is 6.31. The van der Waals surface area contributed by atoms with Gasteiger partial charge in [0.2, 0.25) is 11.7 Å². The van der Waals surface area contributed by atoms with Crippen molar-refractivity contribution in [1.82, 2.24) is 9.97 Å². The summed E-state index contributed by atoms with van der Waals surface area (Å²) in [5, 5.41) is 9.67. The second-order valence-corrected chi connectivity index (χ2v) is 4.83. The zero-order valence-corrected chi connectivity index (χ0v) is 13.7. The van der Waals surface area contributed by atoms with E-state index in [1.165, 1.54) is 0 Å². The van der Waals surface area contributed by atoms with Crippen molar-refractivity contribution in [2.24, 2.45) is 0 Å². The number of carboxylic acids is 1. The van der Waals surface area contributed by atoms with Gasteiger partial charge < -0.3 is 9.84 Å². The molecule has 2 aromatic rings. The molecule has 1 N–H and O–H groups in total. The van der Waals surface area contributed by atoms with Crippen LogP contribution in [0.1, 0.15) is 34.4 Å². The maximum atomic E-state index is 11.0. The number of hydrogen-bond acceptors (Lipinski definition) is 4. The summed E-state index contributed by atoms with van der Waals surface area (Å²) in [6.07, 6.45) is 0.487. The minimum absolute atomic E-state index is 0. The molecule has 2 rings (SSSR count). The van der Waals surface area contributed by atoms with Gasteiger partial charge in [-0.15, -0.1) is 12.4 Å². The summed E-state index contributed by atoms with van der Waals surface area (Å²) < 4.78 is 5.46. The molecule has 0 saturated heterocycles. The molecule has 0 saturated carbocycles. The predicted molar refractivity (Wildman–Crippen MR) is 86.4 cm³/mol. The van der Waals surface area contributed by atoms with E-state index in [4.69, 9.17) is 21.4 Å². The van der Waals surface area contributed by atoms with Crippen LogP contribution in [0.3, 0.4) is 0 Å². The van der Waals surface area contributed by atoms with Crippen LogP contribution in [0.25, 0.3) is 0 Å². The highest BCUT2D eigenvalue weighted by Crippen LogP contribution is 2.26. The van der Waals surface area contributed by atoms with Crippen LogP contribution in [0.4, 0.5) is 0 Å². The minimum Gasteiger partial charge on any atom is -0.478 e. The number of aryl methyl sites for hydroxylation is 1. The molecule has 1 aromatic carbocycles. The number of nitrogens with zero attached hydrogens (tertiary/aromatic N) is 2. The molecule has 0 aliphatic heterocycles. The number of carbonyl (C=O) groups is 1. The van der Waals surface area contributed by atoms with Crippen LogP contribution < -0.4 is 4.74 Å². The van der Waals surface area contributed by atoms with E-state index < -0.39 is 5.97 Å². The van der Waals surface area contributed by atoms with Gasteiger partial charge in [-0.05, 0) is 25.5 Å². The third-order valence-electron chi connectivity index (χ3n) is 2.97. The Balaban J connectivity index is 0.00000242. The molecule has 0 unspecified atom stereocenters. The molecule has 0 radical (unpaired) electrons. The molecule has 0 fully saturated rings. The van der Waals surface area contributed by atoms with Gasteiger partial charge in [-0.25, -0.2) is 9.78 Å². The molecule has 0 atom stereocenters. The lowest BCUT2D eigenvalue weighted by atomic mass is 10.0. The lowest BCUT2D eigenvalue weighted by Gasteiger charge is -2.13. The van der Waals surface area contributed by atoms with Crippen molar-refractivity contribution in [1.29, 1.82) is 0 Å². The van der Waals surface area contributed by atoms with Crippen molar-refractivity contribution in [2.45, 2.75) is 20.3 Å². The molecule has 5 nitrogen and oxygen atoms in total. The Morgan fingerprint density at radius 1 is 1.32 bits per heavy atom. The fraction of sp³-hybridized carbons (Fsp3) is 0.267. The first-order valence-corrected chi connectivity index (χ1v) is 6.87. The molecule has 7 heteroatoms. The van der Waals surface area contributed by atoms with Gasteiger partial charge in [0.15, 0.2) is 0 Å². The Hall–Kier alpha value is -1.85. The van der Waals surface area contributed by atoms with E-state index in [0.29, 0.717) is 29.6 Å². The topological polar surface area (TPSA) is 72.3 Å². The predicted octanol–water partition coefficient (Wildman–Crippen LogP) is 3.55. The molecule has 22 heavy (non-hydrogen) atoms. The maximum Gasteiger partial charge on any atom is 0.374 e. The SMILES string of the molecule is CCOc1nc(C(=O)O)nc(C)c1Cc1ccccc1Cl.Cl. The lowest BCUT2D eigenvalue weighted by Crippen LogP contribution is -2.11. The molecule has 0 amide bonds. The van der Waals surface area contributed by atoms with E-state index in [9.17, 15) is 4.79 Å². The summed E-state index contributed by atoms with van der Waals surface area (Å²) in [5.41, 5.74) is 2.23. The van der Waals surface area contributed by atoms with Crippen molar-refractivity contribution in [3.63, 3.8) is 0 Å². The first-order chi connectivity index (χ1) is 10.0. The van der Waals surface area contributed by atoms with Crippen LogP contribution in [0, 0.1) is 6.92 Å². The first-order valence-electron chi connectivity index (χ1n) is 6.50. The zero-order valence-electron chi connectivity index (χ0n) is 12.2. The van der Waals surface area contributed by atoms with Crippen molar-refractivity contribution in [2.75, 3.05) is 6.61 Å². The largest absolute Gasteiger partial charge is 0.478 e. The molecule has 0 aliphatic carbocycles. The van der Waals surface area contributed by atoms with Gasteiger partial charge in [-0.1, -0.05) is 29.8 Å². The monoisotopic (exact) mass is 342 g/mol. The third kappa shape index (κ3) is 4.08. The number of rotatable bonds is 5. The van der Waals surface area contributed by atoms with Crippen LogP contribution in [0.15, 0.2) is 24.3 Å². The van der Waals surface area contributed by atoms with E-state index in [0.717, 1.165) is 11.1 Å². The standard InChI is InChI=1S/C15H15ClN2O3.ClH/c1-3-21-14-11(8-10-6-4-5-7-12(10)16)9(2)17-13(18-14)15(19)20;/h4-7H,3,8H2,1-2H3,(H,19,20);1H. The zero-order chi connectivity index (χ0) is 15.4. The molecule has 0 bridgehead atoms. The molecular weight excluding hydrogens is 327 g/mol. The quantitative estimate of drug-likeness (QED) is 0.899. The van der Waals surface area contributed by atoms with Crippen LogP contribution >= 0.6 is 24.0 Å². The normalized spacial score (nSPS) is 9.95. The molecular formula is C15H16Cl2N2O3. The number of carboxylic acid groups (broad SMARTS) is 1. The summed E-state index contributed by atoms with van der Waals surface area (Å²) in [4.78, 5) is 19.0. The fourth-order valence-electron chi connectivity index (χ4n) is 1.96. The summed E-state index contributed by atoms with van der Waals surface area (Å²) in [6, 6.07) is 7.46. The fourth-order valence-corrected chi connectivity index (χ4v) is 2.16. The molecule has 118 valence electrons. The summed E-state index contributed by atoms with van der Waals surface area (Å²) in [6.45, 7) is 3.95. The molecule has 0 spiro atoms. The van der Waals surface area contributed by atoms with Crippen LogP contribution in [0.2, 0.25) is 5.02 Å². The highest BCUT2D eigenvalue weighted by Gasteiger charge is 2.17. The number of aromatic nitrogens is 2. The van der Waals surface area contributed by atoms with E-state index in [1.807, 2.05) is 25.1 Å². The van der Waals surface area contributed by atoms with Crippen LogP contribution in [0.5, 0.6) is 5.88 Å². The number of benzene rings is 1. The van der Waals surface area contributed by atoms with Gasteiger partial charge >= 0.3 is 5.97 Å². The number of hydrogen-bond donors (Lipinski definition) is 1. The Labute approximate surface area is 139 Å². The Morgan fingerprint density at radius 2 is 2.00 bits per heavy atom. The third-order valence-corrected chi connectivity index (χ3v) is 3.34. The minimum atomic E-state index is -1.18. The van der Waals surface area contributed by atoms with Gasteiger partial charge in [0.1, 0.15) is 0 Å². The van der Waals surface area contributed by atoms with Crippen molar-refractivity contribution < 1.29 is 14.6 Å². The number of ether oxygens (including phenoxy) is 1. The van der Waals surface area contributed by atoms with Crippen LogP contribution in [-0.2, 0) is 6.42 Å². The summed E-state index contributed by atoms with van der Waals surface area (Å²) in [7, 11) is 0. The number of aromatic carboxylic acids is 1. The maximum absolute atomic E-state index is 11.0. The molecule has 1 heterocycles. The van der Waals surface area contributed by atoms with E-state index in [1.54, 1.807) is 13.0 Å². The highest BCUT2D eigenvalue weighted by atomic mass is 35.5. The van der Waals surface area contributed by atoms with E-state index in [2.05, 4.69) is 9.97 Å². The molecule has 0 aliphatic rings. The van der Waals surface area contributed by atoms with Gasteiger partial charge in [-0.2, -0.15) is 4.98 Å². The van der Waals surface area contributed by atoms with E-state index >= 15 is 0 Å². The average Bonchev–Trinajstić information content (AvgIpc) is 2.44. The van der Waals surface area contributed by atoms with Crippen molar-refractivity contribution >= 4 is 30.0 Å².